The van der Waals surface area contributed by atoms with Crippen molar-refractivity contribution in [2.45, 2.75) is 0 Å². The van der Waals surface area contributed by atoms with Gasteiger partial charge >= 0.3 is 112 Å². The first kappa shape index (κ1) is 22.4. The molecule has 26 valence electrons. The Morgan fingerprint density at radius 1 is 1.17 bits per heavy atom. The number of rotatable bonds is 0. The fourth-order valence-electron chi connectivity index (χ4n) is 0. The van der Waals surface area contributed by atoms with E-state index in [1.165, 1.54) is 0 Å². The van der Waals surface area contributed by atoms with E-state index in [-0.39, 0.29) is 42.0 Å². The average molecular weight is 213 g/mol. The predicted octanol–water partition coefficient (Wildman–Crippen LogP) is -5.00. The zero-order valence-electron chi connectivity index (χ0n) is 3.71. The molecule has 0 N–H and O–H groups in total. The van der Waals surface area contributed by atoms with Gasteiger partial charge in [0.25, 0.3) is 0 Å². The van der Waals surface area contributed by atoms with Crippen LogP contribution >= 0.6 is 12.3 Å². The Hall–Kier alpha value is 4.38. The second-order valence-electron chi connectivity index (χ2n) is 0. The van der Waals surface area contributed by atoms with Crippen LogP contribution in [0.5, 0.6) is 0 Å². The molecule has 0 radical (unpaired) electrons. The van der Waals surface area contributed by atoms with Gasteiger partial charge in [-0.3, -0.25) is 0 Å². The third kappa shape index (κ3) is 23.8. The zero-order chi connectivity index (χ0) is 4.00. The minimum absolute atomic E-state index is 0. The Balaban J connectivity index is -0.00000000500. The number of halogens is 3. The van der Waals surface area contributed by atoms with Gasteiger partial charge in [-0.25, -0.2) is 0 Å². The quantitative estimate of drug-likeness (QED) is 0.354. The van der Waals surface area contributed by atoms with Gasteiger partial charge in [0, 0.05) is 0 Å². The van der Waals surface area contributed by atoms with E-state index >= 15 is 0 Å². The van der Waals surface area contributed by atoms with Gasteiger partial charge in [0.2, 0.25) is 0 Å². The Kier molecular flexibility index (Phi) is 128. The van der Waals surface area contributed by atoms with Crippen LogP contribution in [0.15, 0.2) is 0 Å². The van der Waals surface area contributed by atoms with E-state index in [9.17, 15) is 0 Å². The third-order valence-corrected chi connectivity index (χ3v) is 0. The zero-order valence-corrected chi connectivity index (χ0v) is 12.9. The van der Waals surface area contributed by atoms with Crippen LogP contribution in [0, 0.1) is 0 Å². The summed E-state index contributed by atoms with van der Waals surface area (Å²) in [6.07, 6.45) is 0. The Morgan fingerprint density at radius 3 is 1.17 bits per heavy atom. The van der Waals surface area contributed by atoms with Crippen molar-refractivity contribution in [2.24, 2.45) is 0 Å². The summed E-state index contributed by atoms with van der Waals surface area (Å²) in [5.74, 6) is 0. The van der Waals surface area contributed by atoms with E-state index in [0.29, 0.717) is 47.1 Å². The van der Waals surface area contributed by atoms with E-state index in [0.717, 1.165) is 23.2 Å². The summed E-state index contributed by atoms with van der Waals surface area (Å²) in [7, 11) is 4.70. The van der Waals surface area contributed by atoms with Crippen molar-refractivity contribution >= 4 is 59.5 Å². The Bertz CT molecular complexity index is 10.8. The standard InChI is InChI=1S/3ClH.K.Na.Sc/h3*1H;;;/q;;;3*+1/p-3. The molecule has 6 heavy (non-hydrogen) atoms. The van der Waals surface area contributed by atoms with Crippen molar-refractivity contribution in [2.75, 3.05) is 0 Å². The van der Waals surface area contributed by atoms with Crippen molar-refractivity contribution in [3.8, 4) is 0 Å². The molecule has 0 saturated heterocycles. The van der Waals surface area contributed by atoms with Gasteiger partial charge in [0.15, 0.2) is 0 Å². The average Bonchev–Trinajstić information content (AvgIpc) is 1.50. The summed E-state index contributed by atoms with van der Waals surface area (Å²) < 4.78 is 4.83. The molecule has 0 aliphatic heterocycles. The van der Waals surface area contributed by atoms with E-state index < -0.39 is 0 Å². The van der Waals surface area contributed by atoms with Crippen LogP contribution in [0.3, 0.4) is 0 Å². The topological polar surface area (TPSA) is 0 Å². The fraction of sp³-hybridized carbons (Fsp3) is 0. The molecule has 0 aromatic heterocycles. The molecule has 0 aromatic carbocycles. The molecule has 0 unspecified atom stereocenters. The molecule has 0 heterocycles. The smallest absolute Gasteiger partial charge is 1.00 e. The maximum absolute atomic E-state index is 4.83. The molecule has 0 amide bonds. The van der Waals surface area contributed by atoms with Crippen molar-refractivity contribution in [3.63, 3.8) is 0 Å². The molecule has 0 aliphatic rings. The van der Waals surface area contributed by atoms with Gasteiger partial charge in [0.05, 0.1) is 0 Å². The minimum Gasteiger partial charge on any atom is 1.00 e. The van der Waals surface area contributed by atoms with Crippen molar-refractivity contribution < 1.29 is 65.2 Å². The van der Waals surface area contributed by atoms with Gasteiger partial charge in [-0.05, 0) is 0 Å². The predicted molar refractivity (Wildman–Crippen MR) is 17.5 cm³/mol. The van der Waals surface area contributed by atoms with Crippen LogP contribution in [-0.4, -0.2) is 47.1 Å². The van der Waals surface area contributed by atoms with Crippen molar-refractivity contribution in [3.05, 3.63) is 0 Å². The van der Waals surface area contributed by atoms with Crippen LogP contribution in [0.4, 0.5) is 0 Å². The molecule has 0 aromatic rings. The first-order valence-corrected chi connectivity index (χ1v) is 7.37. The van der Waals surface area contributed by atoms with Gasteiger partial charge < -0.3 is 12.4 Å². The van der Waals surface area contributed by atoms with E-state index in [1.807, 2.05) is 0 Å². The van der Waals surface area contributed by atoms with Gasteiger partial charge in [-0.2, -0.15) is 0 Å². The SMILES string of the molecule is [Cl-].[Cl][K].[Cl][Sc].[Na+]. The van der Waals surface area contributed by atoms with Crippen molar-refractivity contribution in [1.82, 2.24) is 0 Å². The Labute approximate surface area is 121 Å². The van der Waals surface area contributed by atoms with Crippen molar-refractivity contribution in [1.29, 1.82) is 0 Å². The largest absolute Gasteiger partial charge is 1.00 e. The molecule has 0 aliphatic carbocycles. The van der Waals surface area contributed by atoms with Crippen LogP contribution in [0.2, 0.25) is 0 Å². The summed E-state index contributed by atoms with van der Waals surface area (Å²) in [4.78, 5) is 0. The summed E-state index contributed by atoms with van der Waals surface area (Å²) in [6, 6.07) is 0. The first-order chi connectivity index (χ1) is 2.00. The van der Waals surface area contributed by atoms with E-state index in [2.05, 4.69) is 0 Å². The van der Waals surface area contributed by atoms with Crippen LogP contribution in [0.25, 0.3) is 0 Å². The first-order valence-electron chi connectivity index (χ1n) is 0.596. The summed E-state index contributed by atoms with van der Waals surface area (Å²) >= 11 is 1.69. The molecule has 0 fully saturated rings. The second-order valence-corrected chi connectivity index (χ2v) is 0. The Morgan fingerprint density at radius 2 is 1.17 bits per heavy atom. The van der Waals surface area contributed by atoms with Crippen LogP contribution in [0.1, 0.15) is 0 Å². The molecule has 0 atom stereocenters. The molecular formula is Cl3KNaSc. The second kappa shape index (κ2) is 34.3. The summed E-state index contributed by atoms with van der Waals surface area (Å²) in [6.45, 7) is 0. The molecule has 0 spiro atoms. The maximum atomic E-state index is 4.83. The van der Waals surface area contributed by atoms with E-state index in [1.54, 1.807) is 0 Å². The van der Waals surface area contributed by atoms with Gasteiger partial charge in [-0.1, -0.05) is 0 Å². The maximum Gasteiger partial charge on any atom is 1.00 e. The van der Waals surface area contributed by atoms with Crippen LogP contribution in [-0.2, 0) is 23.2 Å². The monoisotopic (exact) mass is 212 g/mol. The number of hydrogen-bond donors (Lipinski definition) is 0. The molecular weight excluding hydrogens is 213 g/mol. The molecule has 0 rings (SSSR count). The molecule has 0 bridgehead atoms. The molecule has 0 nitrogen and oxygen atoms in total. The minimum atomic E-state index is 0. The molecule has 6 heteroatoms. The van der Waals surface area contributed by atoms with E-state index in [4.69, 9.17) is 12.3 Å². The van der Waals surface area contributed by atoms with Gasteiger partial charge in [-0.15, -0.1) is 0 Å². The fourth-order valence-corrected chi connectivity index (χ4v) is 0. The van der Waals surface area contributed by atoms with Crippen LogP contribution < -0.4 is 42.0 Å². The third-order valence-electron chi connectivity index (χ3n) is 0. The summed E-state index contributed by atoms with van der Waals surface area (Å²) in [5, 5.41) is 0. The number of hydrogen-bond acceptors (Lipinski definition) is 0. The molecule has 0 saturated carbocycles. The normalized spacial score (nSPS) is 1.83. The van der Waals surface area contributed by atoms with Gasteiger partial charge in [0.1, 0.15) is 0 Å². The summed E-state index contributed by atoms with van der Waals surface area (Å²) in [5.41, 5.74) is 0.